The fraction of sp³-hybridized carbons (Fsp3) is 0.200. The molecule has 6 nitrogen and oxygen atoms in total. The van der Waals surface area contributed by atoms with Crippen molar-refractivity contribution in [3.05, 3.63) is 113 Å². The highest BCUT2D eigenvalue weighted by molar-refractivity contribution is 7.99. The van der Waals surface area contributed by atoms with Gasteiger partial charge in [0.1, 0.15) is 5.71 Å². The molecule has 0 saturated carbocycles. The summed E-state index contributed by atoms with van der Waals surface area (Å²) in [6.45, 7) is 8.04. The summed E-state index contributed by atoms with van der Waals surface area (Å²) in [5.41, 5.74) is 5.92. The van der Waals surface area contributed by atoms with Crippen LogP contribution in [0.5, 0.6) is 0 Å². The van der Waals surface area contributed by atoms with Crippen molar-refractivity contribution in [1.82, 2.24) is 4.57 Å². The van der Waals surface area contributed by atoms with Crippen LogP contribution in [0.2, 0.25) is 0 Å². The maximum Gasteiger partial charge on any atom is 0.331 e. The first-order valence-corrected chi connectivity index (χ1v) is 14.9. The van der Waals surface area contributed by atoms with E-state index >= 15 is 0 Å². The Hall–Kier alpha value is -4.49. The number of carbonyl (C=O) groups is 3. The maximum absolute atomic E-state index is 13.7. The molecule has 0 amide bonds. The molecule has 0 fully saturated rings. The van der Waals surface area contributed by atoms with Crippen LogP contribution in [-0.2, 0) is 16.2 Å². The third-order valence-electron chi connectivity index (χ3n) is 7.33. The van der Waals surface area contributed by atoms with Crippen LogP contribution in [-0.4, -0.2) is 33.6 Å². The third-order valence-corrected chi connectivity index (χ3v) is 8.51. The number of hydrogen-bond donors (Lipinski definition) is 0. The Labute approximate surface area is 249 Å². The van der Waals surface area contributed by atoms with Gasteiger partial charge in [0.25, 0.3) is 0 Å². The lowest BCUT2D eigenvalue weighted by Crippen LogP contribution is -2.16. The number of ketones is 2. The van der Waals surface area contributed by atoms with Crippen LogP contribution in [0.4, 0.5) is 0 Å². The number of thioether (sulfide) groups is 1. The summed E-state index contributed by atoms with van der Waals surface area (Å²) in [5.74, 6) is -0.327. The lowest BCUT2D eigenvalue weighted by molar-refractivity contribution is -0.140. The van der Waals surface area contributed by atoms with Crippen LogP contribution in [0, 0.1) is 13.8 Å². The molecule has 1 aromatic heterocycles. The second-order valence-corrected chi connectivity index (χ2v) is 11.3. The van der Waals surface area contributed by atoms with E-state index in [-0.39, 0.29) is 17.3 Å². The number of benzene rings is 4. The van der Waals surface area contributed by atoms with Crippen LogP contribution in [0.3, 0.4) is 0 Å². The highest BCUT2D eigenvalue weighted by Gasteiger charge is 2.20. The number of oxime groups is 1. The van der Waals surface area contributed by atoms with Gasteiger partial charge in [-0.1, -0.05) is 47.6 Å². The minimum Gasteiger partial charge on any atom is -0.341 e. The smallest absolute Gasteiger partial charge is 0.331 e. The molecular formula is C35H32N2O4S. The molecule has 4 aromatic carbocycles. The first-order valence-electron chi connectivity index (χ1n) is 13.9. The molecule has 0 spiro atoms. The Morgan fingerprint density at radius 2 is 1.43 bits per heavy atom. The van der Waals surface area contributed by atoms with Gasteiger partial charge in [0, 0.05) is 69.0 Å². The standard InChI is InChI=1S/C35H32N2O4S/c1-5-37-31-16-14-25(34(39)27-12-8-6-10-22(27)2)20-28(31)29-21-26(15-17-32(29)37)35(40)30(36-41-24(4)38)18-19-42-33-13-9-7-11-23(33)3/h6-17,20-21H,5,18-19H2,1-4H3. The van der Waals surface area contributed by atoms with E-state index in [9.17, 15) is 14.4 Å². The van der Waals surface area contributed by atoms with Gasteiger partial charge in [-0.3, -0.25) is 9.59 Å². The molecule has 0 saturated heterocycles. The lowest BCUT2D eigenvalue weighted by atomic mass is 9.97. The molecule has 0 aliphatic heterocycles. The van der Waals surface area contributed by atoms with Crippen molar-refractivity contribution in [1.29, 1.82) is 0 Å². The van der Waals surface area contributed by atoms with E-state index in [4.69, 9.17) is 4.84 Å². The topological polar surface area (TPSA) is 77.7 Å². The van der Waals surface area contributed by atoms with Gasteiger partial charge in [0.2, 0.25) is 5.78 Å². The summed E-state index contributed by atoms with van der Waals surface area (Å²) >= 11 is 1.63. The van der Waals surface area contributed by atoms with Crippen LogP contribution in [0.25, 0.3) is 21.8 Å². The van der Waals surface area contributed by atoms with Gasteiger partial charge in [-0.2, -0.15) is 0 Å². The highest BCUT2D eigenvalue weighted by atomic mass is 32.2. The average Bonchev–Trinajstić information content (AvgIpc) is 3.31. The number of fused-ring (bicyclic) bond motifs is 3. The quantitative estimate of drug-likeness (QED) is 0.0554. The Morgan fingerprint density at radius 3 is 2.07 bits per heavy atom. The zero-order chi connectivity index (χ0) is 29.8. The number of aryl methyl sites for hydroxylation is 3. The zero-order valence-corrected chi connectivity index (χ0v) is 25.0. The molecule has 0 N–H and O–H groups in total. The summed E-state index contributed by atoms with van der Waals surface area (Å²) in [5, 5.41) is 5.72. The Kier molecular flexibility index (Phi) is 8.69. The molecule has 0 atom stereocenters. The van der Waals surface area contributed by atoms with Crippen molar-refractivity contribution in [2.24, 2.45) is 5.16 Å². The van der Waals surface area contributed by atoms with Gasteiger partial charge < -0.3 is 9.40 Å². The van der Waals surface area contributed by atoms with Gasteiger partial charge in [0.15, 0.2) is 5.78 Å². The molecule has 0 aliphatic carbocycles. The molecule has 7 heteroatoms. The molecule has 42 heavy (non-hydrogen) atoms. The van der Waals surface area contributed by atoms with E-state index in [1.54, 1.807) is 17.8 Å². The molecule has 212 valence electrons. The second-order valence-electron chi connectivity index (χ2n) is 10.2. The van der Waals surface area contributed by atoms with Crippen molar-refractivity contribution in [3.8, 4) is 0 Å². The normalized spacial score (nSPS) is 11.7. The van der Waals surface area contributed by atoms with Gasteiger partial charge in [0.05, 0.1) is 0 Å². The number of nitrogens with zero attached hydrogens (tertiary/aromatic N) is 2. The van der Waals surface area contributed by atoms with E-state index < -0.39 is 5.97 Å². The number of carbonyl (C=O) groups excluding carboxylic acids is 3. The third kappa shape index (κ3) is 5.92. The molecule has 1 heterocycles. The minimum absolute atomic E-state index is 0.0402. The summed E-state index contributed by atoms with van der Waals surface area (Å²) in [6.07, 6.45) is 0.328. The molecule has 0 radical (unpaired) electrons. The summed E-state index contributed by atoms with van der Waals surface area (Å²) < 4.78 is 2.17. The molecular weight excluding hydrogens is 544 g/mol. The minimum atomic E-state index is -0.584. The first-order chi connectivity index (χ1) is 20.3. The van der Waals surface area contributed by atoms with Gasteiger partial charge >= 0.3 is 5.97 Å². The number of hydrogen-bond acceptors (Lipinski definition) is 6. The van der Waals surface area contributed by atoms with Crippen molar-refractivity contribution in [2.45, 2.75) is 45.6 Å². The Balaban J connectivity index is 1.51. The Bertz CT molecular complexity index is 1870. The van der Waals surface area contributed by atoms with Crippen molar-refractivity contribution >= 4 is 56.8 Å². The summed E-state index contributed by atoms with van der Waals surface area (Å²) in [4.78, 5) is 44.7. The number of Topliss-reactive ketones (excluding diaryl/α,β-unsaturated/α-hetero) is 1. The summed E-state index contributed by atoms with van der Waals surface area (Å²) in [6, 6.07) is 26.9. The van der Waals surface area contributed by atoms with E-state index in [0.29, 0.717) is 28.9 Å². The average molecular weight is 577 g/mol. The first kappa shape index (κ1) is 29.0. The van der Waals surface area contributed by atoms with Crippen LogP contribution >= 0.6 is 11.8 Å². The SMILES string of the molecule is CCn1c2ccc(C(=O)C(CCSc3ccccc3C)=NOC(C)=O)cc2c2cc(C(=O)c3ccccc3C)ccc21. The summed E-state index contributed by atoms with van der Waals surface area (Å²) in [7, 11) is 0. The Morgan fingerprint density at radius 1 is 0.810 bits per heavy atom. The van der Waals surface area contributed by atoms with Gasteiger partial charge in [-0.15, -0.1) is 11.8 Å². The largest absolute Gasteiger partial charge is 0.341 e. The van der Waals surface area contributed by atoms with Gasteiger partial charge in [-0.05, 0) is 74.4 Å². The molecule has 5 aromatic rings. The van der Waals surface area contributed by atoms with Crippen molar-refractivity contribution < 1.29 is 19.2 Å². The fourth-order valence-corrected chi connectivity index (χ4v) is 6.16. The van der Waals surface area contributed by atoms with E-state index in [0.717, 1.165) is 44.4 Å². The van der Waals surface area contributed by atoms with Crippen molar-refractivity contribution in [2.75, 3.05) is 5.75 Å². The molecule has 5 rings (SSSR count). The number of aromatic nitrogens is 1. The van der Waals surface area contributed by atoms with Crippen LogP contribution in [0.15, 0.2) is 95.0 Å². The number of rotatable bonds is 10. The lowest BCUT2D eigenvalue weighted by Gasteiger charge is -2.08. The van der Waals surface area contributed by atoms with Gasteiger partial charge in [-0.25, -0.2) is 4.79 Å². The van der Waals surface area contributed by atoms with Crippen molar-refractivity contribution in [3.63, 3.8) is 0 Å². The zero-order valence-electron chi connectivity index (χ0n) is 24.1. The van der Waals surface area contributed by atoms with E-state index in [2.05, 4.69) is 16.6 Å². The molecule has 0 aliphatic rings. The fourth-order valence-electron chi connectivity index (χ4n) is 5.17. The molecule has 0 bridgehead atoms. The molecule has 0 unspecified atom stereocenters. The highest BCUT2D eigenvalue weighted by Crippen LogP contribution is 2.32. The maximum atomic E-state index is 13.7. The van der Waals surface area contributed by atoms with Crippen LogP contribution < -0.4 is 0 Å². The van der Waals surface area contributed by atoms with E-state index in [1.807, 2.05) is 92.7 Å². The predicted molar refractivity (Wildman–Crippen MR) is 170 cm³/mol. The monoisotopic (exact) mass is 576 g/mol. The second kappa shape index (κ2) is 12.6. The predicted octanol–water partition coefficient (Wildman–Crippen LogP) is 7.95. The van der Waals surface area contributed by atoms with Crippen LogP contribution in [0.1, 0.15) is 57.7 Å². The van der Waals surface area contributed by atoms with E-state index in [1.165, 1.54) is 6.92 Å².